The monoisotopic (exact) mass is 228 g/mol. The van der Waals surface area contributed by atoms with Crippen LogP contribution in [0.5, 0.6) is 0 Å². The van der Waals surface area contributed by atoms with Gasteiger partial charge in [-0.1, -0.05) is 0 Å². The normalized spacial score (nSPS) is 22.7. The summed E-state index contributed by atoms with van der Waals surface area (Å²) in [7, 11) is 1.85. The predicted octanol–water partition coefficient (Wildman–Crippen LogP) is 1.09. The quantitative estimate of drug-likeness (QED) is 0.782. The first kappa shape index (κ1) is 11.3. The molecule has 86 valence electrons. The zero-order valence-electron chi connectivity index (χ0n) is 9.37. The molecule has 2 rings (SSSR count). The summed E-state index contributed by atoms with van der Waals surface area (Å²) in [4.78, 5) is 14.2. The van der Waals surface area contributed by atoms with Gasteiger partial charge in [-0.15, -0.1) is 0 Å². The van der Waals surface area contributed by atoms with Gasteiger partial charge < -0.3 is 10.2 Å². The van der Waals surface area contributed by atoms with Crippen molar-refractivity contribution in [1.29, 1.82) is 0 Å². The lowest BCUT2D eigenvalue weighted by Crippen LogP contribution is -2.46. The van der Waals surface area contributed by atoms with E-state index in [1.54, 1.807) is 0 Å². The largest absolute Gasteiger partial charge is 0.336 e. The molecule has 1 aliphatic heterocycles. The van der Waals surface area contributed by atoms with E-state index in [-0.39, 0.29) is 0 Å². The maximum atomic E-state index is 12.0. The molecular weight excluding hydrogens is 208 g/mol. The fraction of sp³-hybridized carbons (Fsp3) is 0.909. The molecule has 1 saturated carbocycles. The second-order valence-electron chi connectivity index (χ2n) is 4.41. The van der Waals surface area contributed by atoms with Crippen molar-refractivity contribution in [3.05, 3.63) is 0 Å². The predicted molar refractivity (Wildman–Crippen MR) is 64.1 cm³/mol. The van der Waals surface area contributed by atoms with Gasteiger partial charge in [0.2, 0.25) is 5.91 Å². The van der Waals surface area contributed by atoms with Crippen molar-refractivity contribution in [3.8, 4) is 0 Å². The van der Waals surface area contributed by atoms with Crippen LogP contribution in [0.2, 0.25) is 0 Å². The molecule has 0 radical (unpaired) electrons. The molecule has 0 unspecified atom stereocenters. The highest BCUT2D eigenvalue weighted by atomic mass is 32.2. The van der Waals surface area contributed by atoms with E-state index in [0.29, 0.717) is 24.5 Å². The summed E-state index contributed by atoms with van der Waals surface area (Å²) >= 11 is 2.02. The second-order valence-corrected chi connectivity index (χ2v) is 5.63. The minimum Gasteiger partial charge on any atom is -0.336 e. The molecule has 1 N–H and O–H groups in total. The number of amides is 1. The SMILES string of the molecule is CNCC(=O)N(C1CCSCC1)C1CC1. The first-order chi connectivity index (χ1) is 7.33. The molecular formula is C11H20N2OS. The highest BCUT2D eigenvalue weighted by molar-refractivity contribution is 7.99. The molecule has 3 nitrogen and oxygen atoms in total. The van der Waals surface area contributed by atoms with Crippen molar-refractivity contribution >= 4 is 17.7 Å². The van der Waals surface area contributed by atoms with Crippen LogP contribution in [0.15, 0.2) is 0 Å². The average Bonchev–Trinajstić information content (AvgIpc) is 3.04. The van der Waals surface area contributed by atoms with E-state index in [9.17, 15) is 4.79 Å². The van der Waals surface area contributed by atoms with Crippen LogP contribution >= 0.6 is 11.8 Å². The molecule has 4 heteroatoms. The smallest absolute Gasteiger partial charge is 0.237 e. The van der Waals surface area contributed by atoms with E-state index in [1.165, 1.54) is 37.2 Å². The van der Waals surface area contributed by atoms with E-state index < -0.39 is 0 Å². The summed E-state index contributed by atoms with van der Waals surface area (Å²) in [5.41, 5.74) is 0. The number of carbonyl (C=O) groups excluding carboxylic acids is 1. The van der Waals surface area contributed by atoms with Gasteiger partial charge in [-0.05, 0) is 44.2 Å². The standard InChI is InChI=1S/C11H20N2OS/c1-12-8-11(14)13(9-2-3-9)10-4-6-15-7-5-10/h9-10,12H,2-8H2,1H3. The molecule has 0 aromatic heterocycles. The van der Waals surface area contributed by atoms with Crippen molar-refractivity contribution in [2.75, 3.05) is 25.1 Å². The third-order valence-electron chi connectivity index (χ3n) is 3.14. The Hall–Kier alpha value is -0.220. The molecule has 2 aliphatic rings. The van der Waals surface area contributed by atoms with Gasteiger partial charge in [-0.25, -0.2) is 0 Å². The Bertz CT molecular complexity index is 225. The first-order valence-electron chi connectivity index (χ1n) is 5.86. The number of carbonyl (C=O) groups is 1. The number of hydrogen-bond acceptors (Lipinski definition) is 3. The van der Waals surface area contributed by atoms with Crippen molar-refractivity contribution in [2.45, 2.75) is 37.8 Å². The molecule has 0 aromatic rings. The molecule has 15 heavy (non-hydrogen) atoms. The van der Waals surface area contributed by atoms with Gasteiger partial charge in [0.15, 0.2) is 0 Å². The summed E-state index contributed by atoms with van der Waals surface area (Å²) in [6.45, 7) is 0.500. The third-order valence-corrected chi connectivity index (χ3v) is 4.19. The maximum absolute atomic E-state index is 12.0. The number of rotatable bonds is 4. The fourth-order valence-electron chi connectivity index (χ4n) is 2.26. The van der Waals surface area contributed by atoms with Gasteiger partial charge >= 0.3 is 0 Å². The molecule has 1 saturated heterocycles. The van der Waals surface area contributed by atoms with Crippen LogP contribution in [-0.4, -0.2) is 48.0 Å². The Labute approximate surface area is 96.0 Å². The minimum atomic E-state index is 0.303. The fourth-order valence-corrected chi connectivity index (χ4v) is 3.35. The van der Waals surface area contributed by atoms with Crippen molar-refractivity contribution in [2.24, 2.45) is 0 Å². The van der Waals surface area contributed by atoms with Crippen molar-refractivity contribution in [3.63, 3.8) is 0 Å². The van der Waals surface area contributed by atoms with Crippen LogP contribution in [0.3, 0.4) is 0 Å². The summed E-state index contributed by atoms with van der Waals surface area (Å²) in [6, 6.07) is 1.10. The first-order valence-corrected chi connectivity index (χ1v) is 7.02. The number of likely N-dealkylation sites (N-methyl/N-ethyl adjacent to an activating group) is 1. The Kier molecular flexibility index (Phi) is 3.92. The molecule has 0 spiro atoms. The van der Waals surface area contributed by atoms with E-state index >= 15 is 0 Å². The molecule has 0 bridgehead atoms. The Morgan fingerprint density at radius 1 is 1.27 bits per heavy atom. The lowest BCUT2D eigenvalue weighted by molar-refractivity contribution is -0.133. The van der Waals surface area contributed by atoms with Crippen LogP contribution < -0.4 is 5.32 Å². The van der Waals surface area contributed by atoms with E-state index in [4.69, 9.17) is 0 Å². The zero-order chi connectivity index (χ0) is 10.7. The molecule has 1 amide bonds. The number of hydrogen-bond donors (Lipinski definition) is 1. The average molecular weight is 228 g/mol. The molecule has 1 aliphatic carbocycles. The third kappa shape index (κ3) is 2.88. The zero-order valence-corrected chi connectivity index (χ0v) is 10.2. The summed E-state index contributed by atoms with van der Waals surface area (Å²) < 4.78 is 0. The summed E-state index contributed by atoms with van der Waals surface area (Å²) in [5, 5.41) is 2.97. The van der Waals surface area contributed by atoms with Crippen LogP contribution in [0, 0.1) is 0 Å². The topological polar surface area (TPSA) is 32.3 Å². The van der Waals surface area contributed by atoms with Crippen LogP contribution in [0.4, 0.5) is 0 Å². The summed E-state index contributed by atoms with van der Waals surface area (Å²) in [5.74, 6) is 2.75. The van der Waals surface area contributed by atoms with Crippen LogP contribution in [0.25, 0.3) is 0 Å². The maximum Gasteiger partial charge on any atom is 0.237 e. The van der Waals surface area contributed by atoms with Crippen LogP contribution in [-0.2, 0) is 4.79 Å². The minimum absolute atomic E-state index is 0.303. The van der Waals surface area contributed by atoms with Crippen LogP contribution in [0.1, 0.15) is 25.7 Å². The second kappa shape index (κ2) is 5.21. The van der Waals surface area contributed by atoms with Gasteiger partial charge in [-0.3, -0.25) is 4.79 Å². The van der Waals surface area contributed by atoms with Gasteiger partial charge in [0.25, 0.3) is 0 Å². The van der Waals surface area contributed by atoms with Gasteiger partial charge in [0, 0.05) is 12.1 Å². The number of nitrogens with one attached hydrogen (secondary N) is 1. The highest BCUT2D eigenvalue weighted by Crippen LogP contribution is 2.33. The Morgan fingerprint density at radius 2 is 1.87 bits per heavy atom. The molecule has 1 heterocycles. The van der Waals surface area contributed by atoms with Gasteiger partial charge in [0.05, 0.1) is 6.54 Å². The van der Waals surface area contributed by atoms with Gasteiger partial charge in [-0.2, -0.15) is 11.8 Å². The number of thioether (sulfide) groups is 1. The molecule has 0 atom stereocenters. The molecule has 2 fully saturated rings. The molecule has 0 aromatic carbocycles. The van der Waals surface area contributed by atoms with Gasteiger partial charge in [0.1, 0.15) is 0 Å². The Balaban J connectivity index is 1.94. The lowest BCUT2D eigenvalue weighted by atomic mass is 10.1. The number of nitrogens with zero attached hydrogens (tertiary/aromatic N) is 1. The van der Waals surface area contributed by atoms with Crippen molar-refractivity contribution < 1.29 is 4.79 Å². The lowest BCUT2D eigenvalue weighted by Gasteiger charge is -2.34. The van der Waals surface area contributed by atoms with E-state index in [1.807, 2.05) is 18.8 Å². The van der Waals surface area contributed by atoms with Crippen molar-refractivity contribution in [1.82, 2.24) is 10.2 Å². The summed E-state index contributed by atoms with van der Waals surface area (Å²) in [6.07, 6.45) is 4.82. The van der Waals surface area contributed by atoms with E-state index in [0.717, 1.165) is 0 Å². The van der Waals surface area contributed by atoms with E-state index in [2.05, 4.69) is 10.2 Å². The highest BCUT2D eigenvalue weighted by Gasteiger charge is 2.37. The Morgan fingerprint density at radius 3 is 2.40 bits per heavy atom.